The summed E-state index contributed by atoms with van der Waals surface area (Å²) in [5, 5.41) is 27.7. The Morgan fingerprint density at radius 2 is 1.73 bits per heavy atom. The Hall–Kier alpha value is -3.02. The molecule has 0 saturated heterocycles. The predicted molar refractivity (Wildman–Crippen MR) is 170 cm³/mol. The number of aliphatic hydroxyl groups excluding tert-OH is 2. The number of nitrogens with one attached hydrogen (secondary N) is 3. The molecule has 0 spiro atoms. The molecule has 0 bridgehead atoms. The maximum absolute atomic E-state index is 13.9. The van der Waals surface area contributed by atoms with E-state index in [0.29, 0.717) is 23.6 Å². The number of aliphatic hydroxyl groups is 2. The second kappa shape index (κ2) is 14.8. The number of hydrogen-bond donors (Lipinski definition) is 5. The monoisotopic (exact) mass is 628 g/mol. The highest BCUT2D eigenvalue weighted by Gasteiger charge is 2.40. The molecule has 10 nitrogen and oxygen atoms in total. The smallest absolute Gasteiger partial charge is 0.248 e. The van der Waals surface area contributed by atoms with Gasteiger partial charge in [-0.05, 0) is 63.5 Å². The van der Waals surface area contributed by atoms with Crippen molar-refractivity contribution in [2.75, 3.05) is 5.75 Å². The van der Waals surface area contributed by atoms with Crippen LogP contribution in [-0.4, -0.2) is 75.2 Å². The molecule has 1 aromatic carbocycles. The fourth-order valence-corrected chi connectivity index (χ4v) is 6.78. The second-order valence-corrected chi connectivity index (χ2v) is 16.2. The second-order valence-electron chi connectivity index (χ2n) is 13.4. The minimum Gasteiger partial charge on any atom is -0.390 e. The molecule has 44 heavy (non-hydrogen) atoms. The minimum atomic E-state index is -3.73. The van der Waals surface area contributed by atoms with Gasteiger partial charge in [0.25, 0.3) is 0 Å². The molecule has 0 radical (unpaired) electrons. The van der Waals surface area contributed by atoms with Crippen molar-refractivity contribution < 1.29 is 28.2 Å². The van der Waals surface area contributed by atoms with Crippen molar-refractivity contribution in [3.8, 4) is 0 Å². The van der Waals surface area contributed by atoms with Gasteiger partial charge >= 0.3 is 0 Å². The number of rotatable bonds is 14. The van der Waals surface area contributed by atoms with Crippen LogP contribution < -0.4 is 10.6 Å². The highest BCUT2D eigenvalue weighted by Crippen LogP contribution is 2.36. The molecular formula is C33H48N4O6S. The summed E-state index contributed by atoms with van der Waals surface area (Å²) < 4.78 is 25.3. The molecule has 2 aliphatic rings. The molecule has 11 heteroatoms. The van der Waals surface area contributed by atoms with E-state index in [9.17, 15) is 28.2 Å². The van der Waals surface area contributed by atoms with Gasteiger partial charge in [-0.1, -0.05) is 62.4 Å². The summed E-state index contributed by atoms with van der Waals surface area (Å²) in [4.78, 5) is 34.8. The summed E-state index contributed by atoms with van der Waals surface area (Å²) in [7, 11) is -3.73. The van der Waals surface area contributed by atoms with Gasteiger partial charge in [-0.15, -0.1) is 0 Å². The number of aromatic nitrogens is 2. The Balaban J connectivity index is 1.59. The van der Waals surface area contributed by atoms with E-state index in [-0.39, 0.29) is 17.9 Å². The highest BCUT2D eigenvalue weighted by molar-refractivity contribution is 7.92. The topological polar surface area (TPSA) is 161 Å². The number of sulfone groups is 1. The number of nitrogens with zero attached hydrogens (tertiary/aromatic N) is 1. The quantitative estimate of drug-likeness (QED) is 0.201. The molecule has 0 aliphatic heterocycles. The number of benzene rings is 1. The maximum atomic E-state index is 13.9. The summed E-state index contributed by atoms with van der Waals surface area (Å²) in [6.45, 7) is 4.76. The zero-order valence-electron chi connectivity index (χ0n) is 26.0. The summed E-state index contributed by atoms with van der Waals surface area (Å²) in [6.07, 6.45) is 10.2. The molecule has 4 atom stereocenters. The molecule has 4 rings (SSSR count). The minimum absolute atomic E-state index is 0.00824. The Morgan fingerprint density at radius 1 is 1.05 bits per heavy atom. The Kier molecular flexibility index (Phi) is 11.4. The number of carbonyl (C=O) groups is 2. The standard InChI is InChI=1S/C33H48N4O6S/c1-33(2,3)44(42,43)20-25(16-22-10-6-4-7-11-22)31(40)37-28(18-26-19-34-21-35-26)32(41)36-27(17-23-12-8-5-9-13-23)30(39)29(38)24-14-15-24/h4,6-7,10-11,16,19,21,23-24,27-30,38-39H,5,8-9,12-15,17-18,20H2,1-3H3,(H,34,35)(H,36,41)(H,37,40)/t27-,28-,29-,30+/m0/s1. The molecule has 2 amide bonds. The molecule has 1 heterocycles. The fourth-order valence-electron chi connectivity index (χ4n) is 5.72. The number of aromatic amines is 1. The van der Waals surface area contributed by atoms with Gasteiger partial charge in [-0.2, -0.15) is 0 Å². The molecular weight excluding hydrogens is 580 g/mol. The van der Waals surface area contributed by atoms with Gasteiger partial charge in [0.05, 0.1) is 34.7 Å². The van der Waals surface area contributed by atoms with E-state index >= 15 is 0 Å². The maximum Gasteiger partial charge on any atom is 0.248 e. The van der Waals surface area contributed by atoms with Gasteiger partial charge in [-0.3, -0.25) is 9.59 Å². The van der Waals surface area contributed by atoms with Gasteiger partial charge in [0.15, 0.2) is 9.84 Å². The zero-order chi connectivity index (χ0) is 31.9. The Morgan fingerprint density at radius 3 is 2.32 bits per heavy atom. The molecule has 5 N–H and O–H groups in total. The third-order valence-electron chi connectivity index (χ3n) is 8.81. The van der Waals surface area contributed by atoms with Gasteiger partial charge in [0.1, 0.15) is 12.1 Å². The van der Waals surface area contributed by atoms with Crippen LogP contribution >= 0.6 is 0 Å². The first kappa shape index (κ1) is 33.9. The van der Waals surface area contributed by atoms with Crippen LogP contribution in [-0.2, 0) is 25.8 Å². The van der Waals surface area contributed by atoms with Crippen molar-refractivity contribution in [2.45, 2.75) is 108 Å². The van der Waals surface area contributed by atoms with Crippen molar-refractivity contribution in [1.29, 1.82) is 0 Å². The number of H-pyrrole nitrogens is 1. The SMILES string of the molecule is CC(C)(C)S(=O)(=O)CC(=Cc1ccccc1)C(=O)N[C@@H](Cc1c[nH]cn1)C(=O)N[C@@H](CC1CCCCC1)[C@@H](O)[C@@H](O)C1CC1. The summed E-state index contributed by atoms with van der Waals surface area (Å²) >= 11 is 0. The lowest BCUT2D eigenvalue weighted by Crippen LogP contribution is -2.56. The van der Waals surface area contributed by atoms with E-state index in [2.05, 4.69) is 20.6 Å². The molecule has 242 valence electrons. The first-order valence-electron chi connectivity index (χ1n) is 15.8. The molecule has 1 aromatic heterocycles. The van der Waals surface area contributed by atoms with Crippen LogP contribution in [0.1, 0.15) is 83.4 Å². The Labute approximate surface area is 261 Å². The van der Waals surface area contributed by atoms with E-state index in [0.717, 1.165) is 38.5 Å². The summed E-state index contributed by atoms with van der Waals surface area (Å²) in [5.74, 6) is -1.38. The average molecular weight is 629 g/mol. The molecule has 2 fully saturated rings. The zero-order valence-corrected chi connectivity index (χ0v) is 26.9. The number of amides is 2. The molecule has 2 aromatic rings. The summed E-state index contributed by atoms with van der Waals surface area (Å²) in [5.41, 5.74) is 1.19. The molecule has 2 aliphatic carbocycles. The number of carbonyl (C=O) groups excluding carboxylic acids is 2. The molecule has 2 saturated carbocycles. The lowest BCUT2D eigenvalue weighted by Gasteiger charge is -2.33. The van der Waals surface area contributed by atoms with Gasteiger partial charge in [-0.25, -0.2) is 13.4 Å². The van der Waals surface area contributed by atoms with Crippen molar-refractivity contribution in [1.82, 2.24) is 20.6 Å². The highest BCUT2D eigenvalue weighted by atomic mass is 32.2. The van der Waals surface area contributed by atoms with Crippen molar-refractivity contribution in [2.24, 2.45) is 11.8 Å². The fraction of sp³-hybridized carbons (Fsp3) is 0.606. The van der Waals surface area contributed by atoms with Crippen LogP contribution in [0.15, 0.2) is 48.4 Å². The lowest BCUT2D eigenvalue weighted by molar-refractivity contribution is -0.129. The van der Waals surface area contributed by atoms with E-state index in [1.54, 1.807) is 51.2 Å². The van der Waals surface area contributed by atoms with Crippen molar-refractivity contribution in [3.05, 3.63) is 59.7 Å². The van der Waals surface area contributed by atoms with Crippen LogP contribution in [0.5, 0.6) is 0 Å². The largest absolute Gasteiger partial charge is 0.390 e. The van der Waals surface area contributed by atoms with Gasteiger partial charge in [0.2, 0.25) is 11.8 Å². The number of hydrogen-bond acceptors (Lipinski definition) is 7. The van der Waals surface area contributed by atoms with E-state index in [1.165, 1.54) is 18.8 Å². The molecule has 0 unspecified atom stereocenters. The van der Waals surface area contributed by atoms with Crippen LogP contribution in [0.25, 0.3) is 6.08 Å². The van der Waals surface area contributed by atoms with Crippen LogP contribution in [0.2, 0.25) is 0 Å². The third kappa shape index (κ3) is 9.49. The first-order valence-corrected chi connectivity index (χ1v) is 17.4. The van der Waals surface area contributed by atoms with Crippen LogP contribution in [0.3, 0.4) is 0 Å². The number of imidazole rings is 1. The van der Waals surface area contributed by atoms with E-state index < -0.39 is 56.4 Å². The lowest BCUT2D eigenvalue weighted by atomic mass is 9.82. The van der Waals surface area contributed by atoms with Gasteiger partial charge in [0, 0.05) is 18.2 Å². The first-order chi connectivity index (χ1) is 20.8. The normalized spacial score (nSPS) is 19.5. The third-order valence-corrected chi connectivity index (χ3v) is 11.4. The van der Waals surface area contributed by atoms with Crippen molar-refractivity contribution in [3.63, 3.8) is 0 Å². The Bertz CT molecular complexity index is 1360. The summed E-state index contributed by atoms with van der Waals surface area (Å²) in [6, 6.07) is 7.15. The van der Waals surface area contributed by atoms with Gasteiger partial charge < -0.3 is 25.8 Å². The van der Waals surface area contributed by atoms with E-state index in [1.807, 2.05) is 6.07 Å². The van der Waals surface area contributed by atoms with Crippen LogP contribution in [0, 0.1) is 11.8 Å². The average Bonchev–Trinajstić information content (AvgIpc) is 3.71. The van der Waals surface area contributed by atoms with E-state index in [4.69, 9.17) is 0 Å². The van der Waals surface area contributed by atoms with Crippen LogP contribution in [0.4, 0.5) is 0 Å². The van der Waals surface area contributed by atoms with Crippen molar-refractivity contribution >= 4 is 27.7 Å². The predicted octanol–water partition coefficient (Wildman–Crippen LogP) is 3.32.